The van der Waals surface area contributed by atoms with E-state index in [0.717, 1.165) is 23.3 Å². The molecule has 0 N–H and O–H groups in total. The first-order valence-corrected chi connectivity index (χ1v) is 8.75. The number of hydrogen-bond acceptors (Lipinski definition) is 6. The van der Waals surface area contributed by atoms with E-state index < -0.39 is 16.9 Å². The van der Waals surface area contributed by atoms with Gasteiger partial charge < -0.3 is 9.47 Å². The third-order valence-corrected chi connectivity index (χ3v) is 4.08. The highest BCUT2D eigenvalue weighted by Crippen LogP contribution is 2.21. The summed E-state index contributed by atoms with van der Waals surface area (Å²) in [6.07, 6.45) is 0. The molecule has 29 heavy (non-hydrogen) atoms. The zero-order valence-corrected chi connectivity index (χ0v) is 15.3. The molecule has 0 atom stereocenters. The predicted molar refractivity (Wildman–Crippen MR) is 104 cm³/mol. The molecule has 0 heterocycles. The molecule has 7 heteroatoms. The number of non-ortho nitro benzene ring substituents is 1. The van der Waals surface area contributed by atoms with Crippen molar-refractivity contribution in [3.05, 3.63) is 111 Å². The molecule has 0 aliphatic heterocycles. The van der Waals surface area contributed by atoms with Gasteiger partial charge >= 0.3 is 11.9 Å². The average molecular weight is 391 g/mol. The van der Waals surface area contributed by atoms with Gasteiger partial charge in [0.15, 0.2) is 0 Å². The van der Waals surface area contributed by atoms with Gasteiger partial charge in [-0.05, 0) is 17.2 Å². The largest absolute Gasteiger partial charge is 0.457 e. The third kappa shape index (κ3) is 5.26. The number of nitro groups is 1. The first kappa shape index (κ1) is 19.8. The molecule has 0 bridgehead atoms. The molecular formula is C22H17NO6. The van der Waals surface area contributed by atoms with E-state index in [4.69, 9.17) is 9.47 Å². The first-order valence-electron chi connectivity index (χ1n) is 8.75. The lowest BCUT2D eigenvalue weighted by molar-refractivity contribution is -0.384. The zero-order valence-electron chi connectivity index (χ0n) is 15.3. The van der Waals surface area contributed by atoms with Crippen molar-refractivity contribution in [2.45, 2.75) is 13.2 Å². The smallest absolute Gasteiger partial charge is 0.339 e. The monoisotopic (exact) mass is 391 g/mol. The molecule has 0 unspecified atom stereocenters. The van der Waals surface area contributed by atoms with Gasteiger partial charge in [-0.2, -0.15) is 0 Å². The van der Waals surface area contributed by atoms with E-state index in [2.05, 4.69) is 0 Å². The highest BCUT2D eigenvalue weighted by Gasteiger charge is 2.23. The van der Waals surface area contributed by atoms with Crippen LogP contribution in [0.2, 0.25) is 0 Å². The summed E-state index contributed by atoms with van der Waals surface area (Å²) in [7, 11) is 0. The van der Waals surface area contributed by atoms with Crippen molar-refractivity contribution in [3.8, 4) is 0 Å². The normalized spacial score (nSPS) is 10.2. The summed E-state index contributed by atoms with van der Waals surface area (Å²) in [5.74, 6) is -1.61. The second kappa shape index (κ2) is 9.27. The van der Waals surface area contributed by atoms with Gasteiger partial charge in [-0.3, -0.25) is 10.1 Å². The lowest BCUT2D eigenvalue weighted by atomic mass is 10.1. The number of carbonyl (C=O) groups excluding carboxylic acids is 2. The molecule has 7 nitrogen and oxygen atoms in total. The summed E-state index contributed by atoms with van der Waals surface area (Å²) >= 11 is 0. The van der Waals surface area contributed by atoms with E-state index in [0.29, 0.717) is 0 Å². The van der Waals surface area contributed by atoms with Crippen molar-refractivity contribution in [1.82, 2.24) is 0 Å². The Morgan fingerprint density at radius 1 is 0.724 bits per heavy atom. The fourth-order valence-electron chi connectivity index (χ4n) is 2.59. The average Bonchev–Trinajstić information content (AvgIpc) is 2.76. The van der Waals surface area contributed by atoms with Crippen molar-refractivity contribution < 1.29 is 24.0 Å². The van der Waals surface area contributed by atoms with Crippen LogP contribution >= 0.6 is 0 Å². The van der Waals surface area contributed by atoms with Crippen LogP contribution in [0.25, 0.3) is 0 Å². The van der Waals surface area contributed by atoms with Crippen LogP contribution in [0, 0.1) is 10.1 Å². The maximum absolute atomic E-state index is 12.5. The molecule has 0 aliphatic rings. The fourth-order valence-corrected chi connectivity index (χ4v) is 2.59. The zero-order chi connectivity index (χ0) is 20.6. The topological polar surface area (TPSA) is 95.7 Å². The van der Waals surface area contributed by atoms with Crippen LogP contribution in [-0.4, -0.2) is 16.9 Å². The van der Waals surface area contributed by atoms with Gasteiger partial charge in [0.1, 0.15) is 13.2 Å². The molecule has 3 aromatic rings. The lowest BCUT2D eigenvalue weighted by Crippen LogP contribution is -2.14. The van der Waals surface area contributed by atoms with E-state index in [1.807, 2.05) is 12.1 Å². The highest BCUT2D eigenvalue weighted by atomic mass is 16.6. The molecule has 0 aromatic heterocycles. The standard InChI is InChI=1S/C22H17NO6/c24-21(28-14-16-7-3-1-4-8-16)19-12-11-18(23(26)27)13-20(19)22(25)29-15-17-9-5-2-6-10-17/h1-13H,14-15H2. The Kier molecular flexibility index (Phi) is 6.32. The van der Waals surface area contributed by atoms with Crippen LogP contribution < -0.4 is 0 Å². The molecule has 0 fully saturated rings. The Balaban J connectivity index is 1.79. The molecule has 146 valence electrons. The second-order valence-corrected chi connectivity index (χ2v) is 6.11. The van der Waals surface area contributed by atoms with Gasteiger partial charge in [0, 0.05) is 12.1 Å². The minimum absolute atomic E-state index is 0.00909. The SMILES string of the molecule is O=C(OCc1ccccc1)c1ccc([N+](=O)[O-])cc1C(=O)OCc1ccccc1. The Bertz CT molecular complexity index is 1020. The minimum atomic E-state index is -0.843. The molecule has 0 aliphatic carbocycles. The van der Waals surface area contributed by atoms with Crippen LogP contribution in [0.1, 0.15) is 31.8 Å². The van der Waals surface area contributed by atoms with Gasteiger partial charge in [0.25, 0.3) is 5.69 Å². The molecule has 0 saturated heterocycles. The highest BCUT2D eigenvalue weighted by molar-refractivity contribution is 6.03. The summed E-state index contributed by atoms with van der Waals surface area (Å²) in [6, 6.07) is 21.4. The van der Waals surface area contributed by atoms with E-state index in [1.54, 1.807) is 48.5 Å². The van der Waals surface area contributed by atoms with Gasteiger partial charge in [-0.1, -0.05) is 60.7 Å². The van der Waals surface area contributed by atoms with Crippen molar-refractivity contribution in [2.24, 2.45) is 0 Å². The maximum atomic E-state index is 12.5. The number of benzene rings is 3. The van der Waals surface area contributed by atoms with Crippen LogP contribution in [0.3, 0.4) is 0 Å². The van der Waals surface area contributed by atoms with Crippen molar-refractivity contribution in [2.75, 3.05) is 0 Å². The number of carbonyl (C=O) groups is 2. The van der Waals surface area contributed by atoms with Crippen LogP contribution in [0.15, 0.2) is 78.9 Å². The number of ether oxygens (including phenoxy) is 2. The third-order valence-electron chi connectivity index (χ3n) is 4.08. The van der Waals surface area contributed by atoms with Crippen LogP contribution in [-0.2, 0) is 22.7 Å². The first-order chi connectivity index (χ1) is 14.0. The number of esters is 2. The summed E-state index contributed by atoms with van der Waals surface area (Å²) in [6.45, 7) is -0.0178. The van der Waals surface area contributed by atoms with E-state index >= 15 is 0 Å². The van der Waals surface area contributed by atoms with Crippen molar-refractivity contribution in [3.63, 3.8) is 0 Å². The van der Waals surface area contributed by atoms with Crippen molar-refractivity contribution >= 4 is 17.6 Å². The Morgan fingerprint density at radius 2 is 1.21 bits per heavy atom. The van der Waals surface area contributed by atoms with E-state index in [1.165, 1.54) is 6.07 Å². The number of nitrogens with zero attached hydrogens (tertiary/aromatic N) is 1. The number of rotatable bonds is 7. The Labute approximate surface area is 166 Å². The number of nitro benzene ring substituents is 1. The fraction of sp³-hybridized carbons (Fsp3) is 0.0909. The van der Waals surface area contributed by atoms with E-state index in [-0.39, 0.29) is 30.0 Å². The van der Waals surface area contributed by atoms with Crippen LogP contribution in [0.4, 0.5) is 5.69 Å². The molecule has 0 amide bonds. The molecule has 3 aromatic carbocycles. The lowest BCUT2D eigenvalue weighted by Gasteiger charge is -2.10. The Morgan fingerprint density at radius 3 is 1.69 bits per heavy atom. The minimum Gasteiger partial charge on any atom is -0.457 e. The summed E-state index contributed by atoms with van der Waals surface area (Å²) < 4.78 is 10.5. The summed E-state index contributed by atoms with van der Waals surface area (Å²) in [5, 5.41) is 11.1. The van der Waals surface area contributed by atoms with Crippen molar-refractivity contribution in [1.29, 1.82) is 0 Å². The van der Waals surface area contributed by atoms with Crippen LogP contribution in [0.5, 0.6) is 0 Å². The molecule has 0 spiro atoms. The summed E-state index contributed by atoms with van der Waals surface area (Å²) in [5.41, 5.74) is 0.893. The number of hydrogen-bond donors (Lipinski definition) is 0. The van der Waals surface area contributed by atoms with Gasteiger partial charge in [0.2, 0.25) is 0 Å². The second-order valence-electron chi connectivity index (χ2n) is 6.11. The van der Waals surface area contributed by atoms with Gasteiger partial charge in [-0.15, -0.1) is 0 Å². The summed E-state index contributed by atoms with van der Waals surface area (Å²) in [4.78, 5) is 35.5. The van der Waals surface area contributed by atoms with Gasteiger partial charge in [-0.25, -0.2) is 9.59 Å². The molecule has 0 radical (unpaired) electrons. The molecular weight excluding hydrogens is 374 g/mol. The maximum Gasteiger partial charge on any atom is 0.339 e. The molecule has 3 rings (SSSR count). The molecule has 0 saturated carbocycles. The van der Waals surface area contributed by atoms with Gasteiger partial charge in [0.05, 0.1) is 16.1 Å². The quantitative estimate of drug-likeness (QED) is 0.338. The van der Waals surface area contributed by atoms with E-state index in [9.17, 15) is 19.7 Å². The Hall–Kier alpha value is -4.00. The predicted octanol–water partition coefficient (Wildman–Crippen LogP) is 4.31.